The fraction of sp³-hybridized carbons (Fsp3) is 0.267. The predicted octanol–water partition coefficient (Wildman–Crippen LogP) is 0.898. The molecule has 120 valence electrons. The number of para-hydroxylation sites is 1. The molecule has 0 spiro atoms. The number of carboxylic acids is 2. The van der Waals surface area contributed by atoms with Crippen LogP contribution in [0.3, 0.4) is 0 Å². The topological polar surface area (TPSA) is 115 Å². The van der Waals surface area contributed by atoms with Gasteiger partial charge in [0, 0.05) is 17.2 Å². The predicted molar refractivity (Wildman–Crippen MR) is 81.6 cm³/mol. The van der Waals surface area contributed by atoms with Crippen LogP contribution in [0.15, 0.2) is 24.3 Å². The van der Waals surface area contributed by atoms with E-state index in [4.69, 9.17) is 5.11 Å². The molecule has 8 heteroatoms. The Balaban J connectivity index is 2.30. The highest BCUT2D eigenvalue weighted by Gasteiger charge is 2.42. The highest BCUT2D eigenvalue weighted by Crippen LogP contribution is 2.44. The molecule has 2 rings (SSSR count). The van der Waals surface area contributed by atoms with Crippen LogP contribution in [0, 0.1) is 11.8 Å². The van der Waals surface area contributed by atoms with E-state index >= 15 is 0 Å². The number of nitrogens with zero attached hydrogens (tertiary/aromatic N) is 1. The molecule has 1 fully saturated rings. The molecular weight excluding hydrogens is 322 g/mol. The fourth-order valence-electron chi connectivity index (χ4n) is 2.22. The van der Waals surface area contributed by atoms with Gasteiger partial charge in [0.2, 0.25) is 5.91 Å². The second kappa shape index (κ2) is 7.07. The first kappa shape index (κ1) is 16.7. The van der Waals surface area contributed by atoms with Crippen LogP contribution in [0.5, 0.6) is 5.75 Å². The molecule has 1 aliphatic rings. The fourth-order valence-corrected chi connectivity index (χ4v) is 3.70. The van der Waals surface area contributed by atoms with Crippen molar-refractivity contribution in [1.82, 2.24) is 4.90 Å². The van der Waals surface area contributed by atoms with Gasteiger partial charge in [0.15, 0.2) is 0 Å². The summed E-state index contributed by atoms with van der Waals surface area (Å²) in [6.07, 6.45) is -0.402. The van der Waals surface area contributed by atoms with Gasteiger partial charge in [-0.2, -0.15) is 0 Å². The maximum atomic E-state index is 12.3. The number of hydrogen-bond acceptors (Lipinski definition) is 5. The normalized spacial score (nSPS) is 19.7. The molecule has 1 aliphatic heterocycles. The Hall–Kier alpha value is -2.66. The molecule has 1 unspecified atom stereocenters. The average molecular weight is 335 g/mol. The van der Waals surface area contributed by atoms with Gasteiger partial charge < -0.3 is 20.2 Å². The van der Waals surface area contributed by atoms with E-state index in [1.165, 1.54) is 17.8 Å². The number of carbonyl (C=O) groups is 3. The number of benzene rings is 1. The molecule has 1 amide bonds. The molecule has 0 bridgehead atoms. The average Bonchev–Trinajstić information content (AvgIpc) is 2.92. The van der Waals surface area contributed by atoms with Crippen LogP contribution in [0.1, 0.15) is 17.4 Å². The molecule has 7 nitrogen and oxygen atoms in total. The van der Waals surface area contributed by atoms with Crippen LogP contribution in [-0.2, 0) is 14.4 Å². The summed E-state index contributed by atoms with van der Waals surface area (Å²) in [6.45, 7) is 0. The molecular formula is C15H13NO6S. The van der Waals surface area contributed by atoms with Gasteiger partial charge in [-0.25, -0.2) is 9.59 Å². The summed E-state index contributed by atoms with van der Waals surface area (Å²) in [5, 5.41) is 27.0. The van der Waals surface area contributed by atoms with Gasteiger partial charge in [-0.1, -0.05) is 24.1 Å². The lowest BCUT2D eigenvalue weighted by Crippen LogP contribution is -2.42. The Morgan fingerprint density at radius 2 is 1.96 bits per heavy atom. The number of hydrogen-bond donors (Lipinski definition) is 3. The number of carbonyl (C=O) groups excluding carboxylic acids is 1. The molecule has 1 saturated heterocycles. The molecule has 0 saturated carbocycles. The largest absolute Gasteiger partial charge is 0.508 e. The maximum absolute atomic E-state index is 12.3. The molecule has 0 radical (unpaired) electrons. The summed E-state index contributed by atoms with van der Waals surface area (Å²) in [4.78, 5) is 35.2. The molecule has 0 aromatic heterocycles. The first-order chi connectivity index (χ1) is 10.9. The smallest absolute Gasteiger partial charge is 0.381 e. The first-order valence-electron chi connectivity index (χ1n) is 6.57. The van der Waals surface area contributed by atoms with Crippen molar-refractivity contribution in [2.45, 2.75) is 17.8 Å². The molecule has 0 aliphatic carbocycles. The third-order valence-corrected chi connectivity index (χ3v) is 4.52. The Morgan fingerprint density at radius 3 is 2.57 bits per heavy atom. The van der Waals surface area contributed by atoms with E-state index < -0.39 is 35.7 Å². The number of rotatable bonds is 3. The summed E-state index contributed by atoms with van der Waals surface area (Å²) in [5.41, 5.74) is 0.431. The minimum absolute atomic E-state index is 0.0366. The van der Waals surface area contributed by atoms with E-state index in [0.717, 1.165) is 4.90 Å². The van der Waals surface area contributed by atoms with Gasteiger partial charge in [-0.15, -0.1) is 11.8 Å². The van der Waals surface area contributed by atoms with Crippen molar-refractivity contribution in [3.8, 4) is 17.6 Å². The number of phenols is 1. The zero-order valence-corrected chi connectivity index (χ0v) is 12.6. The lowest BCUT2D eigenvalue weighted by atomic mass is 10.1. The summed E-state index contributed by atoms with van der Waals surface area (Å²) in [7, 11) is 0. The van der Waals surface area contributed by atoms with E-state index in [2.05, 4.69) is 5.92 Å². The summed E-state index contributed by atoms with van der Waals surface area (Å²) in [5.74, 6) is 1.05. The lowest BCUT2D eigenvalue weighted by Gasteiger charge is -2.27. The lowest BCUT2D eigenvalue weighted by molar-refractivity contribution is -0.148. The molecule has 23 heavy (non-hydrogen) atoms. The third kappa shape index (κ3) is 3.76. The minimum atomic E-state index is -1.36. The quantitative estimate of drug-likeness (QED) is 0.703. The highest BCUT2D eigenvalue weighted by atomic mass is 32.2. The van der Waals surface area contributed by atoms with Crippen molar-refractivity contribution in [3.63, 3.8) is 0 Å². The number of phenolic OH excluding ortho intramolecular Hbond substituents is 1. The summed E-state index contributed by atoms with van der Waals surface area (Å²) >= 11 is 1.22. The molecule has 3 N–H and O–H groups in total. The van der Waals surface area contributed by atoms with Gasteiger partial charge in [-0.05, 0) is 6.07 Å². The Kier molecular flexibility index (Phi) is 5.13. The van der Waals surface area contributed by atoms with Crippen molar-refractivity contribution in [2.24, 2.45) is 0 Å². The van der Waals surface area contributed by atoms with Gasteiger partial charge >= 0.3 is 11.9 Å². The van der Waals surface area contributed by atoms with E-state index in [9.17, 15) is 24.6 Å². The van der Waals surface area contributed by atoms with E-state index in [1.807, 2.05) is 5.92 Å². The van der Waals surface area contributed by atoms with Gasteiger partial charge in [0.25, 0.3) is 0 Å². The Labute approximate surface area is 135 Å². The summed E-state index contributed by atoms with van der Waals surface area (Å²) < 4.78 is 0. The number of aliphatic carboxylic acids is 2. The van der Waals surface area contributed by atoms with Gasteiger partial charge in [0.05, 0.1) is 6.42 Å². The Morgan fingerprint density at radius 1 is 1.26 bits per heavy atom. The van der Waals surface area contributed by atoms with Gasteiger partial charge in [-0.3, -0.25) is 4.79 Å². The molecule has 2 atom stereocenters. The van der Waals surface area contributed by atoms with Crippen molar-refractivity contribution < 1.29 is 29.7 Å². The zero-order chi connectivity index (χ0) is 17.0. The van der Waals surface area contributed by atoms with E-state index in [1.54, 1.807) is 18.2 Å². The SMILES string of the molecule is O=C(O)C#CCC(=O)N1C(c2ccccc2O)SC[C@H]1C(=O)O. The van der Waals surface area contributed by atoms with Crippen molar-refractivity contribution >= 4 is 29.6 Å². The van der Waals surface area contributed by atoms with E-state index in [0.29, 0.717) is 5.56 Å². The monoisotopic (exact) mass is 335 g/mol. The van der Waals surface area contributed by atoms with Crippen LogP contribution >= 0.6 is 11.8 Å². The number of amides is 1. The van der Waals surface area contributed by atoms with Crippen molar-refractivity contribution in [2.75, 3.05) is 5.75 Å². The third-order valence-electron chi connectivity index (χ3n) is 3.21. The second-order valence-corrected chi connectivity index (χ2v) is 5.80. The first-order valence-corrected chi connectivity index (χ1v) is 7.62. The van der Waals surface area contributed by atoms with E-state index in [-0.39, 0.29) is 11.5 Å². The van der Waals surface area contributed by atoms with Crippen molar-refractivity contribution in [3.05, 3.63) is 29.8 Å². The number of carboxylic acid groups (broad SMARTS) is 2. The maximum Gasteiger partial charge on any atom is 0.381 e. The summed E-state index contributed by atoms with van der Waals surface area (Å²) in [6, 6.07) is 5.31. The Bertz CT molecular complexity index is 707. The van der Waals surface area contributed by atoms with Crippen LogP contribution in [-0.4, -0.2) is 49.9 Å². The van der Waals surface area contributed by atoms with Crippen LogP contribution in [0.25, 0.3) is 0 Å². The van der Waals surface area contributed by atoms with Crippen LogP contribution in [0.4, 0.5) is 0 Å². The second-order valence-electron chi connectivity index (χ2n) is 4.68. The van der Waals surface area contributed by atoms with Gasteiger partial charge in [0.1, 0.15) is 17.2 Å². The molecule has 1 aromatic carbocycles. The minimum Gasteiger partial charge on any atom is -0.508 e. The standard InChI is InChI=1S/C15H13NO6S/c17-11-5-2-1-4-9(11)14-16(10(8-23-14)15(21)22)12(18)6-3-7-13(19)20/h1-2,4-5,10,14,17H,6,8H2,(H,19,20)(H,21,22)/t10-,14?/m0/s1. The van der Waals surface area contributed by atoms with Crippen LogP contribution < -0.4 is 0 Å². The van der Waals surface area contributed by atoms with Crippen molar-refractivity contribution in [1.29, 1.82) is 0 Å². The number of thioether (sulfide) groups is 1. The molecule has 1 aromatic rings. The zero-order valence-electron chi connectivity index (χ0n) is 11.8. The van der Waals surface area contributed by atoms with Crippen LogP contribution in [0.2, 0.25) is 0 Å². The molecule has 1 heterocycles. The highest BCUT2D eigenvalue weighted by molar-refractivity contribution is 7.99. The number of aromatic hydroxyl groups is 1.